The summed E-state index contributed by atoms with van der Waals surface area (Å²) in [5.74, 6) is 0.458. The molecule has 0 amide bonds. The number of aryl methyl sites for hydroxylation is 1. The van der Waals surface area contributed by atoms with Crippen LogP contribution in [-0.4, -0.2) is 68.1 Å². The summed E-state index contributed by atoms with van der Waals surface area (Å²) in [5.41, 5.74) is 2.09. The first-order chi connectivity index (χ1) is 11.3. The Morgan fingerprint density at radius 2 is 2.00 bits per heavy atom. The maximum absolute atomic E-state index is 11.9. The van der Waals surface area contributed by atoms with Crippen molar-refractivity contribution in [3.05, 3.63) is 29.8 Å². The second-order valence-electron chi connectivity index (χ2n) is 6.65. The van der Waals surface area contributed by atoms with Crippen LogP contribution in [0.4, 0.5) is 5.69 Å². The highest BCUT2D eigenvalue weighted by molar-refractivity contribution is 7.91. The van der Waals surface area contributed by atoms with E-state index in [2.05, 4.69) is 15.1 Å². The maximum atomic E-state index is 11.9. The molecule has 0 saturated carbocycles. The van der Waals surface area contributed by atoms with E-state index in [9.17, 15) is 8.42 Å². The van der Waals surface area contributed by atoms with Crippen molar-refractivity contribution in [1.82, 2.24) is 9.80 Å². The van der Waals surface area contributed by atoms with Crippen molar-refractivity contribution >= 4 is 32.9 Å². The number of nitrogens with one attached hydrogen (secondary N) is 1. The molecule has 1 N–H and O–H groups in total. The molecule has 2 rings (SSSR count). The molecule has 24 heavy (non-hydrogen) atoms. The highest BCUT2D eigenvalue weighted by atomic mass is 32.2. The van der Waals surface area contributed by atoms with Gasteiger partial charge in [0.2, 0.25) is 0 Å². The van der Waals surface area contributed by atoms with Crippen molar-refractivity contribution < 1.29 is 8.42 Å². The fourth-order valence-electron chi connectivity index (χ4n) is 2.93. The van der Waals surface area contributed by atoms with Crippen LogP contribution in [0.5, 0.6) is 0 Å². The molecule has 1 aromatic carbocycles. The second kappa shape index (κ2) is 8.27. The first-order valence-electron chi connectivity index (χ1n) is 8.27. The number of benzene rings is 1. The molecule has 1 atom stereocenters. The third-order valence-corrected chi connectivity index (χ3v) is 6.39. The maximum Gasteiger partial charge on any atom is 0.173 e. The molecule has 1 fully saturated rings. The third-order valence-electron chi connectivity index (χ3n) is 4.30. The average Bonchev–Trinajstić information content (AvgIpc) is 2.85. The number of hydrogen-bond acceptors (Lipinski definition) is 4. The van der Waals surface area contributed by atoms with E-state index in [4.69, 9.17) is 12.2 Å². The van der Waals surface area contributed by atoms with E-state index in [0.29, 0.717) is 11.5 Å². The second-order valence-corrected chi connectivity index (χ2v) is 9.27. The summed E-state index contributed by atoms with van der Waals surface area (Å²) >= 11 is 5.61. The van der Waals surface area contributed by atoms with Crippen molar-refractivity contribution in [2.45, 2.75) is 25.8 Å². The summed E-state index contributed by atoms with van der Waals surface area (Å²) in [6.07, 6.45) is 1.60. The predicted molar refractivity (Wildman–Crippen MR) is 104 cm³/mol. The molecule has 134 valence electrons. The molecule has 1 aliphatic heterocycles. The fourth-order valence-corrected chi connectivity index (χ4v) is 5.01. The minimum Gasteiger partial charge on any atom is -0.345 e. The SMILES string of the molecule is Cc1ccccc1NC(=S)N(CCCN(C)C)[C@@H]1CCS(=O)(=O)C1. The summed E-state index contributed by atoms with van der Waals surface area (Å²) in [5, 5.41) is 3.92. The van der Waals surface area contributed by atoms with Gasteiger partial charge in [0, 0.05) is 18.3 Å². The van der Waals surface area contributed by atoms with Crippen LogP contribution in [0.2, 0.25) is 0 Å². The van der Waals surface area contributed by atoms with Gasteiger partial charge in [-0.05, 0) is 64.3 Å². The fraction of sp³-hybridized carbons (Fsp3) is 0.588. The lowest BCUT2D eigenvalue weighted by molar-refractivity contribution is 0.306. The molecular formula is C17H27N3O2S2. The van der Waals surface area contributed by atoms with E-state index < -0.39 is 9.84 Å². The third kappa shape index (κ3) is 5.43. The number of hydrogen-bond donors (Lipinski definition) is 1. The van der Waals surface area contributed by atoms with Gasteiger partial charge in [-0.15, -0.1) is 0 Å². The van der Waals surface area contributed by atoms with Gasteiger partial charge < -0.3 is 15.1 Å². The summed E-state index contributed by atoms with van der Waals surface area (Å²) in [4.78, 5) is 4.19. The molecule has 0 spiro atoms. The number of para-hydroxylation sites is 1. The molecule has 0 unspecified atom stereocenters. The zero-order valence-electron chi connectivity index (χ0n) is 14.7. The van der Waals surface area contributed by atoms with Crippen LogP contribution in [0.3, 0.4) is 0 Å². The Hall–Kier alpha value is -1.18. The molecule has 5 nitrogen and oxygen atoms in total. The minimum absolute atomic E-state index is 0.0267. The first kappa shape index (κ1) is 19.1. The summed E-state index contributed by atoms with van der Waals surface area (Å²) in [6, 6.07) is 7.95. The molecule has 0 bridgehead atoms. The largest absolute Gasteiger partial charge is 0.345 e. The van der Waals surface area contributed by atoms with Crippen molar-refractivity contribution in [2.24, 2.45) is 0 Å². The van der Waals surface area contributed by atoms with Gasteiger partial charge in [-0.1, -0.05) is 18.2 Å². The van der Waals surface area contributed by atoms with Gasteiger partial charge in [-0.2, -0.15) is 0 Å². The van der Waals surface area contributed by atoms with Crippen LogP contribution in [0.15, 0.2) is 24.3 Å². The van der Waals surface area contributed by atoms with Crippen LogP contribution in [0.1, 0.15) is 18.4 Å². The Morgan fingerprint density at radius 3 is 2.58 bits per heavy atom. The lowest BCUT2D eigenvalue weighted by Crippen LogP contribution is -2.44. The number of thiocarbonyl (C=S) groups is 1. The van der Waals surface area contributed by atoms with Gasteiger partial charge in [0.15, 0.2) is 14.9 Å². The highest BCUT2D eigenvalue weighted by Gasteiger charge is 2.33. The first-order valence-corrected chi connectivity index (χ1v) is 10.5. The van der Waals surface area contributed by atoms with Crippen LogP contribution >= 0.6 is 12.2 Å². The van der Waals surface area contributed by atoms with E-state index in [-0.39, 0.29) is 17.5 Å². The highest BCUT2D eigenvalue weighted by Crippen LogP contribution is 2.21. The molecule has 0 radical (unpaired) electrons. The van der Waals surface area contributed by atoms with Gasteiger partial charge >= 0.3 is 0 Å². The lowest BCUT2D eigenvalue weighted by atomic mass is 10.2. The zero-order valence-corrected chi connectivity index (χ0v) is 16.3. The normalized spacial score (nSPS) is 19.4. The van der Waals surface area contributed by atoms with E-state index in [1.54, 1.807) is 0 Å². The standard InChI is InChI=1S/C17H27N3O2S2/c1-14-7-4-5-8-16(14)18-17(23)20(11-6-10-19(2)3)15-9-12-24(21,22)13-15/h4-5,7-8,15H,6,9-13H2,1-3H3,(H,18,23)/t15-/m1/s1. The van der Waals surface area contributed by atoms with Crippen molar-refractivity contribution in [2.75, 3.05) is 44.0 Å². The van der Waals surface area contributed by atoms with Gasteiger partial charge in [-0.25, -0.2) is 8.42 Å². The zero-order chi connectivity index (χ0) is 17.7. The Bertz CT molecular complexity index is 674. The summed E-state index contributed by atoms with van der Waals surface area (Å²) < 4.78 is 23.7. The van der Waals surface area contributed by atoms with E-state index in [1.807, 2.05) is 45.3 Å². The molecule has 1 aromatic rings. The number of sulfone groups is 1. The van der Waals surface area contributed by atoms with Crippen molar-refractivity contribution in [1.29, 1.82) is 0 Å². The molecular weight excluding hydrogens is 342 g/mol. The quantitative estimate of drug-likeness (QED) is 0.776. The lowest BCUT2D eigenvalue weighted by Gasteiger charge is -2.31. The molecule has 1 saturated heterocycles. The van der Waals surface area contributed by atoms with E-state index >= 15 is 0 Å². The predicted octanol–water partition coefficient (Wildman–Crippen LogP) is 2.13. The van der Waals surface area contributed by atoms with Crippen LogP contribution in [0.25, 0.3) is 0 Å². The number of rotatable bonds is 6. The van der Waals surface area contributed by atoms with Gasteiger partial charge in [0.05, 0.1) is 11.5 Å². The Labute approximate surface area is 150 Å². The molecule has 1 aliphatic rings. The minimum atomic E-state index is -2.94. The Kier molecular flexibility index (Phi) is 6.60. The smallest absolute Gasteiger partial charge is 0.173 e. The number of anilines is 1. The van der Waals surface area contributed by atoms with E-state index in [1.165, 1.54) is 0 Å². The van der Waals surface area contributed by atoms with Crippen molar-refractivity contribution in [3.8, 4) is 0 Å². The Morgan fingerprint density at radius 1 is 1.29 bits per heavy atom. The Balaban J connectivity index is 2.09. The molecule has 7 heteroatoms. The molecule has 0 aliphatic carbocycles. The van der Waals surface area contributed by atoms with Gasteiger partial charge in [0.25, 0.3) is 0 Å². The monoisotopic (exact) mass is 369 g/mol. The average molecular weight is 370 g/mol. The van der Waals surface area contributed by atoms with Gasteiger partial charge in [-0.3, -0.25) is 0 Å². The molecule has 0 aromatic heterocycles. The van der Waals surface area contributed by atoms with Crippen LogP contribution in [0, 0.1) is 6.92 Å². The van der Waals surface area contributed by atoms with Crippen molar-refractivity contribution in [3.63, 3.8) is 0 Å². The van der Waals surface area contributed by atoms with Crippen LogP contribution in [-0.2, 0) is 9.84 Å². The van der Waals surface area contributed by atoms with Gasteiger partial charge in [0.1, 0.15) is 0 Å². The number of nitrogens with zero attached hydrogens (tertiary/aromatic N) is 2. The van der Waals surface area contributed by atoms with Crippen LogP contribution < -0.4 is 5.32 Å². The topological polar surface area (TPSA) is 52.6 Å². The van der Waals surface area contributed by atoms with E-state index in [0.717, 1.165) is 30.8 Å². The summed E-state index contributed by atoms with van der Waals surface area (Å²) in [7, 11) is 1.14. The summed E-state index contributed by atoms with van der Waals surface area (Å²) in [6.45, 7) is 3.74. The molecule has 1 heterocycles.